The molecule has 0 saturated carbocycles. The topological polar surface area (TPSA) is 51.2 Å². The minimum atomic E-state index is -0.851. The molecule has 0 spiro atoms. The first kappa shape index (κ1) is 12.9. The number of aromatic nitrogens is 1. The predicted molar refractivity (Wildman–Crippen MR) is 65.1 cm³/mol. The van der Waals surface area contributed by atoms with E-state index in [1.54, 1.807) is 6.07 Å². The highest BCUT2D eigenvalue weighted by molar-refractivity contribution is 6.05. The molecular formula is C13H10F2N2O2. The van der Waals surface area contributed by atoms with Crippen LogP contribution in [0.5, 0.6) is 5.88 Å². The summed E-state index contributed by atoms with van der Waals surface area (Å²) >= 11 is 0. The van der Waals surface area contributed by atoms with Gasteiger partial charge in [0, 0.05) is 12.3 Å². The summed E-state index contributed by atoms with van der Waals surface area (Å²) < 4.78 is 31.1. The van der Waals surface area contributed by atoms with E-state index in [0.717, 1.165) is 12.1 Å². The average molecular weight is 264 g/mol. The normalized spacial score (nSPS) is 10.1. The van der Waals surface area contributed by atoms with E-state index in [9.17, 15) is 13.6 Å². The van der Waals surface area contributed by atoms with Crippen LogP contribution in [-0.4, -0.2) is 18.0 Å². The number of carbonyl (C=O) groups is 1. The third kappa shape index (κ3) is 2.85. The maximum absolute atomic E-state index is 13.4. The van der Waals surface area contributed by atoms with Gasteiger partial charge in [-0.25, -0.2) is 13.8 Å². The van der Waals surface area contributed by atoms with Crippen LogP contribution >= 0.6 is 0 Å². The summed E-state index contributed by atoms with van der Waals surface area (Å²) in [5, 5.41) is 2.33. The second kappa shape index (κ2) is 5.43. The van der Waals surface area contributed by atoms with Gasteiger partial charge < -0.3 is 10.1 Å². The van der Waals surface area contributed by atoms with E-state index >= 15 is 0 Å². The fraction of sp³-hybridized carbons (Fsp3) is 0.0769. The smallest absolute Gasteiger partial charge is 0.261 e. The molecule has 4 nitrogen and oxygen atoms in total. The Labute approximate surface area is 108 Å². The van der Waals surface area contributed by atoms with Gasteiger partial charge in [-0.1, -0.05) is 0 Å². The van der Waals surface area contributed by atoms with Crippen molar-refractivity contribution in [2.75, 3.05) is 12.4 Å². The number of nitrogens with one attached hydrogen (secondary N) is 1. The van der Waals surface area contributed by atoms with Crippen LogP contribution in [-0.2, 0) is 0 Å². The molecular weight excluding hydrogens is 254 g/mol. The quantitative estimate of drug-likeness (QED) is 0.927. The van der Waals surface area contributed by atoms with Crippen LogP contribution < -0.4 is 10.1 Å². The fourth-order valence-corrected chi connectivity index (χ4v) is 1.51. The molecule has 1 aromatic carbocycles. The Balaban J connectivity index is 2.26. The van der Waals surface area contributed by atoms with Crippen LogP contribution in [0.2, 0.25) is 0 Å². The lowest BCUT2D eigenvalue weighted by molar-refractivity contribution is 0.102. The van der Waals surface area contributed by atoms with Crippen molar-refractivity contribution in [3.63, 3.8) is 0 Å². The Bertz CT molecular complexity index is 617. The van der Waals surface area contributed by atoms with Crippen molar-refractivity contribution >= 4 is 11.6 Å². The van der Waals surface area contributed by atoms with Crippen molar-refractivity contribution in [3.05, 3.63) is 53.7 Å². The lowest BCUT2D eigenvalue weighted by Gasteiger charge is -2.08. The van der Waals surface area contributed by atoms with E-state index in [1.807, 2.05) is 0 Å². The first-order valence-corrected chi connectivity index (χ1v) is 5.37. The van der Waals surface area contributed by atoms with E-state index < -0.39 is 17.5 Å². The zero-order chi connectivity index (χ0) is 13.8. The number of halogens is 2. The zero-order valence-corrected chi connectivity index (χ0v) is 9.98. The highest BCUT2D eigenvalue weighted by atomic mass is 19.1. The average Bonchev–Trinajstić information content (AvgIpc) is 2.41. The van der Waals surface area contributed by atoms with Crippen LogP contribution in [0.4, 0.5) is 14.5 Å². The van der Waals surface area contributed by atoms with Crippen molar-refractivity contribution in [2.45, 2.75) is 0 Å². The molecule has 1 amide bonds. The van der Waals surface area contributed by atoms with Crippen molar-refractivity contribution in [3.8, 4) is 5.88 Å². The van der Waals surface area contributed by atoms with Crippen LogP contribution in [0.1, 0.15) is 10.4 Å². The Morgan fingerprint density at radius 2 is 2.11 bits per heavy atom. The predicted octanol–water partition coefficient (Wildman–Crippen LogP) is 2.62. The molecule has 1 heterocycles. The molecule has 1 N–H and O–H groups in total. The van der Waals surface area contributed by atoms with Crippen LogP contribution in [0.25, 0.3) is 0 Å². The number of carbonyl (C=O) groups excluding carboxylic acids is 1. The van der Waals surface area contributed by atoms with Gasteiger partial charge in [-0.05, 0) is 24.3 Å². The van der Waals surface area contributed by atoms with Crippen molar-refractivity contribution in [1.82, 2.24) is 4.98 Å². The molecule has 98 valence electrons. The maximum Gasteiger partial charge on any atom is 0.261 e. The first-order chi connectivity index (χ1) is 9.11. The largest absolute Gasteiger partial charge is 0.480 e. The summed E-state index contributed by atoms with van der Waals surface area (Å²) in [5.74, 6) is -2.02. The number of rotatable bonds is 3. The summed E-state index contributed by atoms with van der Waals surface area (Å²) in [5.41, 5.74) is 0.0473. The standard InChI is InChI=1S/C13H10F2N2O2/c1-19-13-9(3-2-6-16-13)12(18)17-11-5-4-8(14)7-10(11)15/h2-7H,1H3,(H,17,18). The molecule has 0 radical (unpaired) electrons. The monoisotopic (exact) mass is 264 g/mol. The third-order valence-electron chi connectivity index (χ3n) is 2.39. The maximum atomic E-state index is 13.4. The van der Waals surface area contributed by atoms with E-state index in [4.69, 9.17) is 4.74 Å². The molecule has 0 aliphatic heterocycles. The number of benzene rings is 1. The summed E-state index contributed by atoms with van der Waals surface area (Å²) in [6, 6.07) is 5.93. The van der Waals surface area contributed by atoms with Gasteiger partial charge in [0.25, 0.3) is 5.91 Å². The summed E-state index contributed by atoms with van der Waals surface area (Å²) in [4.78, 5) is 15.8. The number of anilines is 1. The molecule has 19 heavy (non-hydrogen) atoms. The number of pyridine rings is 1. The van der Waals surface area contributed by atoms with Crippen molar-refractivity contribution in [2.24, 2.45) is 0 Å². The molecule has 2 aromatic rings. The van der Waals surface area contributed by atoms with Gasteiger partial charge >= 0.3 is 0 Å². The molecule has 2 rings (SSSR count). The van der Waals surface area contributed by atoms with E-state index in [1.165, 1.54) is 19.4 Å². The van der Waals surface area contributed by atoms with Gasteiger partial charge in [0.1, 0.15) is 17.2 Å². The number of hydrogen-bond donors (Lipinski definition) is 1. The molecule has 0 unspecified atom stereocenters. The second-order valence-electron chi connectivity index (χ2n) is 3.64. The number of methoxy groups -OCH3 is 1. The van der Waals surface area contributed by atoms with Gasteiger partial charge in [0.15, 0.2) is 0 Å². The molecule has 0 fully saturated rings. The molecule has 0 bridgehead atoms. The van der Waals surface area contributed by atoms with Gasteiger partial charge in [0.05, 0.1) is 12.8 Å². The van der Waals surface area contributed by atoms with E-state index in [2.05, 4.69) is 10.3 Å². The SMILES string of the molecule is COc1ncccc1C(=O)Nc1ccc(F)cc1F. The van der Waals surface area contributed by atoms with Gasteiger partial charge in [-0.2, -0.15) is 0 Å². The number of ether oxygens (including phenoxy) is 1. The van der Waals surface area contributed by atoms with Crippen molar-refractivity contribution < 1.29 is 18.3 Å². The highest BCUT2D eigenvalue weighted by Crippen LogP contribution is 2.19. The van der Waals surface area contributed by atoms with Gasteiger partial charge in [0.2, 0.25) is 5.88 Å². The van der Waals surface area contributed by atoms with Gasteiger partial charge in [-0.3, -0.25) is 4.79 Å². The van der Waals surface area contributed by atoms with E-state index in [0.29, 0.717) is 6.07 Å². The van der Waals surface area contributed by atoms with Crippen molar-refractivity contribution in [1.29, 1.82) is 0 Å². The summed E-state index contributed by atoms with van der Waals surface area (Å²) in [6.07, 6.45) is 1.47. The second-order valence-corrected chi connectivity index (χ2v) is 3.64. The van der Waals surface area contributed by atoms with Crippen LogP contribution in [0.15, 0.2) is 36.5 Å². The fourth-order valence-electron chi connectivity index (χ4n) is 1.51. The number of nitrogens with zero attached hydrogens (tertiary/aromatic N) is 1. The number of amides is 1. The molecule has 6 heteroatoms. The van der Waals surface area contributed by atoms with Crippen LogP contribution in [0.3, 0.4) is 0 Å². The highest BCUT2D eigenvalue weighted by Gasteiger charge is 2.14. The minimum absolute atomic E-state index is 0.114. The summed E-state index contributed by atoms with van der Waals surface area (Å²) in [6.45, 7) is 0. The molecule has 0 atom stereocenters. The molecule has 0 saturated heterocycles. The zero-order valence-electron chi connectivity index (χ0n) is 9.98. The lowest BCUT2D eigenvalue weighted by Crippen LogP contribution is -2.14. The summed E-state index contributed by atoms with van der Waals surface area (Å²) in [7, 11) is 1.37. The molecule has 0 aliphatic carbocycles. The Kier molecular flexibility index (Phi) is 3.70. The first-order valence-electron chi connectivity index (χ1n) is 5.37. The molecule has 1 aromatic heterocycles. The van der Waals surface area contributed by atoms with Crippen LogP contribution in [0, 0.1) is 11.6 Å². The Morgan fingerprint density at radius 1 is 1.32 bits per heavy atom. The lowest BCUT2D eigenvalue weighted by atomic mass is 10.2. The van der Waals surface area contributed by atoms with Gasteiger partial charge in [-0.15, -0.1) is 0 Å². The third-order valence-corrected chi connectivity index (χ3v) is 2.39. The Morgan fingerprint density at radius 3 is 2.79 bits per heavy atom. The Hall–Kier alpha value is -2.50. The minimum Gasteiger partial charge on any atom is -0.480 e. The number of hydrogen-bond acceptors (Lipinski definition) is 3. The van der Waals surface area contributed by atoms with E-state index in [-0.39, 0.29) is 17.1 Å². The molecule has 0 aliphatic rings.